The van der Waals surface area contributed by atoms with Gasteiger partial charge in [0.05, 0.1) is 30.1 Å². The molecule has 6 nitrogen and oxygen atoms in total. The van der Waals surface area contributed by atoms with E-state index in [0.717, 1.165) is 11.0 Å². The Bertz CT molecular complexity index is 862. The highest BCUT2D eigenvalue weighted by molar-refractivity contribution is 5.97. The number of H-pyrrole nitrogens is 1. The molecule has 2 N–H and O–H groups in total. The minimum absolute atomic E-state index is 0.177. The van der Waals surface area contributed by atoms with E-state index in [4.69, 9.17) is 4.74 Å². The zero-order valence-electron chi connectivity index (χ0n) is 12.2. The fraction of sp³-hybridized carbons (Fsp3) is 0.118. The Morgan fingerprint density at radius 2 is 2.26 bits per heavy atom. The van der Waals surface area contributed by atoms with Crippen molar-refractivity contribution in [3.8, 4) is 17.6 Å². The predicted octanol–water partition coefficient (Wildman–Crippen LogP) is 1.77. The fourth-order valence-corrected chi connectivity index (χ4v) is 1.97. The number of hydrogen-bond acceptors (Lipinski definition) is 4. The maximum Gasteiger partial charge on any atom is 0.252 e. The summed E-state index contributed by atoms with van der Waals surface area (Å²) >= 11 is 0. The summed E-state index contributed by atoms with van der Waals surface area (Å²) in [6.07, 6.45) is 4.89. The van der Waals surface area contributed by atoms with Crippen LogP contribution in [0, 0.1) is 11.8 Å². The molecular weight excluding hydrogens is 292 g/mol. The molecule has 0 atom stereocenters. The Labute approximate surface area is 132 Å². The van der Waals surface area contributed by atoms with E-state index in [9.17, 15) is 4.79 Å². The van der Waals surface area contributed by atoms with E-state index in [0.29, 0.717) is 11.3 Å². The first-order valence-corrected chi connectivity index (χ1v) is 7.03. The molecule has 3 aromatic rings. The number of imidazole rings is 1. The van der Waals surface area contributed by atoms with Gasteiger partial charge in [-0.15, -0.1) is 0 Å². The van der Waals surface area contributed by atoms with Gasteiger partial charge in [0.1, 0.15) is 12.4 Å². The van der Waals surface area contributed by atoms with Crippen LogP contribution in [-0.2, 0) is 0 Å². The summed E-state index contributed by atoms with van der Waals surface area (Å²) < 4.78 is 5.38. The zero-order chi connectivity index (χ0) is 15.9. The van der Waals surface area contributed by atoms with Gasteiger partial charge in [0.25, 0.3) is 5.91 Å². The second kappa shape index (κ2) is 7.09. The number of aromatic amines is 1. The summed E-state index contributed by atoms with van der Waals surface area (Å²) in [5.74, 6) is 6.16. The Kier molecular flexibility index (Phi) is 4.50. The van der Waals surface area contributed by atoms with Gasteiger partial charge in [0.15, 0.2) is 0 Å². The van der Waals surface area contributed by atoms with Crippen molar-refractivity contribution >= 4 is 16.9 Å². The van der Waals surface area contributed by atoms with Crippen molar-refractivity contribution < 1.29 is 9.53 Å². The van der Waals surface area contributed by atoms with Crippen molar-refractivity contribution in [2.24, 2.45) is 0 Å². The molecule has 0 radical (unpaired) electrons. The molecule has 0 saturated heterocycles. The average molecular weight is 306 g/mol. The van der Waals surface area contributed by atoms with Gasteiger partial charge >= 0.3 is 0 Å². The van der Waals surface area contributed by atoms with Crippen molar-refractivity contribution in [3.63, 3.8) is 0 Å². The van der Waals surface area contributed by atoms with Gasteiger partial charge < -0.3 is 15.0 Å². The van der Waals surface area contributed by atoms with Crippen LogP contribution in [0.4, 0.5) is 0 Å². The number of ether oxygens (including phenoxy) is 1. The second-order valence-corrected chi connectivity index (χ2v) is 4.65. The van der Waals surface area contributed by atoms with Crippen LogP contribution >= 0.6 is 0 Å². The standard InChI is InChI=1S/C17H14N4O2/c22-17(13-5-6-15-16(10-13)21-12-20-15)19-8-1-2-9-23-14-4-3-7-18-11-14/h3-7,10-12H,8-9H2,(H,19,22)(H,20,21). The minimum atomic E-state index is -0.177. The van der Waals surface area contributed by atoms with E-state index in [1.807, 2.05) is 6.07 Å². The topological polar surface area (TPSA) is 79.9 Å². The van der Waals surface area contributed by atoms with Crippen LogP contribution < -0.4 is 10.1 Å². The third-order valence-electron chi connectivity index (χ3n) is 3.09. The van der Waals surface area contributed by atoms with Crippen LogP contribution in [0.5, 0.6) is 5.75 Å². The van der Waals surface area contributed by atoms with E-state index in [-0.39, 0.29) is 19.1 Å². The maximum atomic E-state index is 12.0. The maximum absolute atomic E-state index is 12.0. The Balaban J connectivity index is 1.47. The van der Waals surface area contributed by atoms with Gasteiger partial charge in [-0.05, 0) is 30.3 Å². The lowest BCUT2D eigenvalue weighted by Crippen LogP contribution is -2.23. The third-order valence-corrected chi connectivity index (χ3v) is 3.09. The molecule has 1 aromatic carbocycles. The van der Waals surface area contributed by atoms with Crippen LogP contribution in [0.25, 0.3) is 11.0 Å². The van der Waals surface area contributed by atoms with E-state index >= 15 is 0 Å². The van der Waals surface area contributed by atoms with Gasteiger partial charge in [-0.1, -0.05) is 11.8 Å². The molecule has 0 bridgehead atoms. The summed E-state index contributed by atoms with van der Waals surface area (Å²) in [4.78, 5) is 23.0. The van der Waals surface area contributed by atoms with Crippen molar-refractivity contribution in [1.82, 2.24) is 20.3 Å². The molecule has 6 heteroatoms. The van der Waals surface area contributed by atoms with Gasteiger partial charge in [-0.3, -0.25) is 9.78 Å². The van der Waals surface area contributed by atoms with Crippen LogP contribution in [0.3, 0.4) is 0 Å². The Hall–Kier alpha value is -3.33. The Morgan fingerprint density at radius 1 is 1.30 bits per heavy atom. The number of carbonyl (C=O) groups is 1. The highest BCUT2D eigenvalue weighted by Gasteiger charge is 2.05. The van der Waals surface area contributed by atoms with Crippen molar-refractivity contribution in [2.75, 3.05) is 13.2 Å². The number of nitrogens with one attached hydrogen (secondary N) is 2. The largest absolute Gasteiger partial charge is 0.479 e. The quantitative estimate of drug-likeness (QED) is 0.720. The summed E-state index contributed by atoms with van der Waals surface area (Å²) in [6.45, 7) is 0.512. The Morgan fingerprint density at radius 3 is 3.13 bits per heavy atom. The van der Waals surface area contributed by atoms with Crippen molar-refractivity contribution in [1.29, 1.82) is 0 Å². The molecular formula is C17H14N4O2. The van der Waals surface area contributed by atoms with E-state index in [1.54, 1.807) is 43.0 Å². The molecule has 0 aliphatic heterocycles. The van der Waals surface area contributed by atoms with Gasteiger partial charge in [-0.2, -0.15) is 0 Å². The number of benzene rings is 1. The first kappa shape index (κ1) is 14.6. The molecule has 1 amide bonds. The highest BCUT2D eigenvalue weighted by atomic mass is 16.5. The number of hydrogen-bond donors (Lipinski definition) is 2. The summed E-state index contributed by atoms with van der Waals surface area (Å²) in [7, 11) is 0. The molecule has 0 saturated carbocycles. The summed E-state index contributed by atoms with van der Waals surface area (Å²) in [5.41, 5.74) is 2.22. The number of amides is 1. The van der Waals surface area contributed by atoms with Gasteiger partial charge in [0, 0.05) is 11.8 Å². The number of aromatic nitrogens is 3. The van der Waals surface area contributed by atoms with Crippen LogP contribution in [0.2, 0.25) is 0 Å². The normalized spacial score (nSPS) is 9.91. The molecule has 23 heavy (non-hydrogen) atoms. The lowest BCUT2D eigenvalue weighted by Gasteiger charge is -2.01. The molecule has 2 aromatic heterocycles. The van der Waals surface area contributed by atoms with Crippen LogP contribution in [0.1, 0.15) is 10.4 Å². The number of rotatable bonds is 4. The zero-order valence-corrected chi connectivity index (χ0v) is 12.2. The molecule has 2 heterocycles. The molecule has 0 fully saturated rings. The van der Waals surface area contributed by atoms with Crippen LogP contribution in [-0.4, -0.2) is 34.0 Å². The number of nitrogens with zero attached hydrogens (tertiary/aromatic N) is 2. The fourth-order valence-electron chi connectivity index (χ4n) is 1.97. The van der Waals surface area contributed by atoms with Crippen molar-refractivity contribution in [3.05, 3.63) is 54.6 Å². The van der Waals surface area contributed by atoms with Crippen molar-refractivity contribution in [2.45, 2.75) is 0 Å². The lowest BCUT2D eigenvalue weighted by molar-refractivity contribution is 0.0959. The predicted molar refractivity (Wildman–Crippen MR) is 85.9 cm³/mol. The van der Waals surface area contributed by atoms with E-state index in [1.165, 1.54) is 0 Å². The molecule has 0 unspecified atom stereocenters. The third kappa shape index (κ3) is 3.86. The van der Waals surface area contributed by atoms with E-state index in [2.05, 4.69) is 32.1 Å². The summed E-state index contributed by atoms with van der Waals surface area (Å²) in [6, 6.07) is 8.89. The smallest absolute Gasteiger partial charge is 0.252 e. The number of carbonyl (C=O) groups excluding carboxylic acids is 1. The average Bonchev–Trinajstić information content (AvgIpc) is 3.06. The SMILES string of the molecule is O=C(NCC#CCOc1cccnc1)c1ccc2nc[nH]c2c1. The van der Waals surface area contributed by atoms with E-state index < -0.39 is 0 Å². The first-order chi connectivity index (χ1) is 11.3. The van der Waals surface area contributed by atoms with Gasteiger partial charge in [-0.25, -0.2) is 4.98 Å². The monoisotopic (exact) mass is 306 g/mol. The highest BCUT2D eigenvalue weighted by Crippen LogP contribution is 2.11. The number of pyridine rings is 1. The molecule has 114 valence electrons. The lowest BCUT2D eigenvalue weighted by atomic mass is 10.2. The van der Waals surface area contributed by atoms with Crippen LogP contribution in [0.15, 0.2) is 49.1 Å². The molecule has 0 aliphatic carbocycles. The van der Waals surface area contributed by atoms with Gasteiger partial charge in [0.2, 0.25) is 0 Å². The second-order valence-electron chi connectivity index (χ2n) is 4.65. The first-order valence-electron chi connectivity index (χ1n) is 7.03. The molecule has 0 aliphatic rings. The molecule has 0 spiro atoms. The number of fused-ring (bicyclic) bond motifs is 1. The summed E-state index contributed by atoms with van der Waals surface area (Å²) in [5, 5.41) is 2.74. The minimum Gasteiger partial charge on any atom is -0.479 e. The molecule has 3 rings (SSSR count).